The summed E-state index contributed by atoms with van der Waals surface area (Å²) in [5.74, 6) is 0.634. The SMILES string of the molecule is CC1CN(CCc2nccs2)CCC1N. The van der Waals surface area contributed by atoms with Crippen molar-refractivity contribution in [2.75, 3.05) is 19.6 Å². The Bertz CT molecular complexity index is 286. The lowest BCUT2D eigenvalue weighted by Crippen LogP contribution is -2.46. The first kappa shape index (κ1) is 11.0. The predicted molar refractivity (Wildman–Crippen MR) is 64.0 cm³/mol. The van der Waals surface area contributed by atoms with Crippen molar-refractivity contribution in [3.8, 4) is 0 Å². The van der Waals surface area contributed by atoms with Crippen molar-refractivity contribution in [1.29, 1.82) is 0 Å². The van der Waals surface area contributed by atoms with Crippen LogP contribution in [0.3, 0.4) is 0 Å². The molecule has 2 rings (SSSR count). The molecule has 1 aliphatic rings. The summed E-state index contributed by atoms with van der Waals surface area (Å²) in [5.41, 5.74) is 5.99. The van der Waals surface area contributed by atoms with Crippen molar-refractivity contribution >= 4 is 11.3 Å². The molecule has 0 spiro atoms. The standard InChI is InChI=1S/C11H19N3S/c1-9-8-14(5-2-10(9)12)6-3-11-13-4-7-15-11/h4,7,9-10H,2-3,5-6,8,12H2,1H3. The van der Waals surface area contributed by atoms with Crippen LogP contribution in [0.4, 0.5) is 0 Å². The second-order valence-corrected chi connectivity index (χ2v) is 5.39. The third-order valence-electron chi connectivity index (χ3n) is 3.18. The van der Waals surface area contributed by atoms with E-state index in [9.17, 15) is 0 Å². The second kappa shape index (κ2) is 5.05. The Morgan fingerprint density at radius 1 is 1.67 bits per heavy atom. The van der Waals surface area contributed by atoms with Crippen LogP contribution in [0.15, 0.2) is 11.6 Å². The maximum Gasteiger partial charge on any atom is 0.0937 e. The summed E-state index contributed by atoms with van der Waals surface area (Å²) in [4.78, 5) is 6.81. The van der Waals surface area contributed by atoms with Gasteiger partial charge in [-0.15, -0.1) is 11.3 Å². The van der Waals surface area contributed by atoms with Gasteiger partial charge < -0.3 is 10.6 Å². The number of rotatable bonds is 3. The summed E-state index contributed by atoms with van der Waals surface area (Å²) in [7, 11) is 0. The van der Waals surface area contributed by atoms with Gasteiger partial charge in [-0.25, -0.2) is 4.98 Å². The molecule has 2 heterocycles. The van der Waals surface area contributed by atoms with Crippen LogP contribution in [0.25, 0.3) is 0 Å². The zero-order valence-electron chi connectivity index (χ0n) is 9.22. The smallest absolute Gasteiger partial charge is 0.0937 e. The molecule has 15 heavy (non-hydrogen) atoms. The molecule has 1 saturated heterocycles. The Labute approximate surface area is 95.3 Å². The second-order valence-electron chi connectivity index (χ2n) is 4.41. The van der Waals surface area contributed by atoms with Crippen LogP contribution in [0, 0.1) is 5.92 Å². The van der Waals surface area contributed by atoms with Gasteiger partial charge in [0.05, 0.1) is 5.01 Å². The molecule has 2 atom stereocenters. The van der Waals surface area contributed by atoms with Crippen molar-refractivity contribution in [2.45, 2.75) is 25.8 Å². The van der Waals surface area contributed by atoms with Crippen molar-refractivity contribution in [3.05, 3.63) is 16.6 Å². The zero-order chi connectivity index (χ0) is 10.7. The van der Waals surface area contributed by atoms with Gasteiger partial charge in [0, 0.05) is 37.1 Å². The molecule has 0 radical (unpaired) electrons. The van der Waals surface area contributed by atoms with Crippen LogP contribution in [0.5, 0.6) is 0 Å². The molecule has 1 aromatic heterocycles. The van der Waals surface area contributed by atoms with Crippen LogP contribution in [-0.2, 0) is 6.42 Å². The summed E-state index contributed by atoms with van der Waals surface area (Å²) < 4.78 is 0. The van der Waals surface area contributed by atoms with Gasteiger partial charge >= 0.3 is 0 Å². The van der Waals surface area contributed by atoms with Crippen LogP contribution >= 0.6 is 11.3 Å². The van der Waals surface area contributed by atoms with E-state index < -0.39 is 0 Å². The Morgan fingerprint density at radius 3 is 3.20 bits per heavy atom. The number of likely N-dealkylation sites (tertiary alicyclic amines) is 1. The topological polar surface area (TPSA) is 42.2 Å². The van der Waals surface area contributed by atoms with E-state index in [1.165, 1.54) is 5.01 Å². The molecular formula is C11H19N3S. The van der Waals surface area contributed by atoms with E-state index in [4.69, 9.17) is 5.73 Å². The fraction of sp³-hybridized carbons (Fsp3) is 0.727. The first-order chi connectivity index (χ1) is 7.25. The molecule has 0 aliphatic carbocycles. The number of nitrogens with two attached hydrogens (primary N) is 1. The molecule has 1 aliphatic heterocycles. The third-order valence-corrected chi connectivity index (χ3v) is 4.02. The van der Waals surface area contributed by atoms with Crippen molar-refractivity contribution in [3.63, 3.8) is 0 Å². The Hall–Kier alpha value is -0.450. The average molecular weight is 225 g/mol. The van der Waals surface area contributed by atoms with Gasteiger partial charge in [0.15, 0.2) is 0 Å². The van der Waals surface area contributed by atoms with E-state index in [-0.39, 0.29) is 0 Å². The molecule has 1 aromatic rings. The molecule has 2 unspecified atom stereocenters. The number of hydrogen-bond donors (Lipinski definition) is 1. The van der Waals surface area contributed by atoms with Crippen molar-refractivity contribution in [1.82, 2.24) is 9.88 Å². The van der Waals surface area contributed by atoms with Crippen LogP contribution in [-0.4, -0.2) is 35.6 Å². The lowest BCUT2D eigenvalue weighted by Gasteiger charge is -2.34. The minimum atomic E-state index is 0.404. The number of piperidine rings is 1. The van der Waals surface area contributed by atoms with Gasteiger partial charge in [-0.3, -0.25) is 0 Å². The Kier molecular flexibility index (Phi) is 3.72. The summed E-state index contributed by atoms with van der Waals surface area (Å²) >= 11 is 1.75. The van der Waals surface area contributed by atoms with E-state index in [1.807, 2.05) is 11.6 Å². The summed E-state index contributed by atoms with van der Waals surface area (Å²) in [6.45, 7) is 5.67. The van der Waals surface area contributed by atoms with Gasteiger partial charge in [-0.2, -0.15) is 0 Å². The van der Waals surface area contributed by atoms with Gasteiger partial charge in [0.25, 0.3) is 0 Å². The largest absolute Gasteiger partial charge is 0.327 e. The van der Waals surface area contributed by atoms with E-state index in [0.717, 1.165) is 32.5 Å². The molecule has 0 amide bonds. The minimum Gasteiger partial charge on any atom is -0.327 e. The van der Waals surface area contributed by atoms with Gasteiger partial charge in [0.1, 0.15) is 0 Å². The maximum absolute atomic E-state index is 5.99. The molecule has 4 heteroatoms. The lowest BCUT2D eigenvalue weighted by atomic mass is 9.95. The Morgan fingerprint density at radius 2 is 2.53 bits per heavy atom. The number of thiazole rings is 1. The Balaban J connectivity index is 1.76. The fourth-order valence-corrected chi connectivity index (χ4v) is 2.69. The number of hydrogen-bond acceptors (Lipinski definition) is 4. The number of nitrogens with zero attached hydrogens (tertiary/aromatic N) is 2. The number of aromatic nitrogens is 1. The van der Waals surface area contributed by atoms with Gasteiger partial charge in [0.2, 0.25) is 0 Å². The quantitative estimate of drug-likeness (QED) is 0.844. The average Bonchev–Trinajstić information content (AvgIpc) is 2.73. The van der Waals surface area contributed by atoms with E-state index in [0.29, 0.717) is 12.0 Å². The molecule has 0 saturated carbocycles. The van der Waals surface area contributed by atoms with Crippen LogP contribution in [0.1, 0.15) is 18.4 Å². The third kappa shape index (κ3) is 3.00. The fourth-order valence-electron chi connectivity index (χ4n) is 2.08. The zero-order valence-corrected chi connectivity index (χ0v) is 10.0. The molecule has 2 N–H and O–H groups in total. The monoisotopic (exact) mass is 225 g/mol. The lowest BCUT2D eigenvalue weighted by molar-refractivity contribution is 0.166. The molecule has 0 aromatic carbocycles. The molecular weight excluding hydrogens is 206 g/mol. The van der Waals surface area contributed by atoms with E-state index in [1.54, 1.807) is 11.3 Å². The molecule has 0 bridgehead atoms. The van der Waals surface area contributed by atoms with E-state index >= 15 is 0 Å². The van der Waals surface area contributed by atoms with Crippen molar-refractivity contribution in [2.24, 2.45) is 11.7 Å². The predicted octanol–water partition coefficient (Wildman–Crippen LogP) is 1.35. The highest BCUT2D eigenvalue weighted by molar-refractivity contribution is 7.09. The van der Waals surface area contributed by atoms with Gasteiger partial charge in [-0.1, -0.05) is 6.92 Å². The molecule has 84 valence electrons. The summed E-state index contributed by atoms with van der Waals surface area (Å²) in [6.07, 6.45) is 4.10. The first-order valence-corrected chi connectivity index (χ1v) is 6.50. The molecule has 1 fully saturated rings. The summed E-state index contributed by atoms with van der Waals surface area (Å²) in [6, 6.07) is 0.404. The highest BCUT2D eigenvalue weighted by Crippen LogP contribution is 2.15. The maximum atomic E-state index is 5.99. The van der Waals surface area contributed by atoms with E-state index in [2.05, 4.69) is 16.8 Å². The highest BCUT2D eigenvalue weighted by Gasteiger charge is 2.22. The molecule has 3 nitrogen and oxygen atoms in total. The summed E-state index contributed by atoms with van der Waals surface area (Å²) in [5, 5.41) is 3.29. The minimum absolute atomic E-state index is 0.404. The van der Waals surface area contributed by atoms with Crippen molar-refractivity contribution < 1.29 is 0 Å². The van der Waals surface area contributed by atoms with Crippen LogP contribution < -0.4 is 5.73 Å². The normalized spacial score (nSPS) is 28.1. The van der Waals surface area contributed by atoms with Crippen LogP contribution in [0.2, 0.25) is 0 Å². The highest BCUT2D eigenvalue weighted by atomic mass is 32.1. The van der Waals surface area contributed by atoms with Gasteiger partial charge in [-0.05, 0) is 18.9 Å². The first-order valence-electron chi connectivity index (χ1n) is 5.62.